The van der Waals surface area contributed by atoms with Gasteiger partial charge in [0.15, 0.2) is 11.4 Å². The maximum atomic E-state index is 11.9. The summed E-state index contributed by atoms with van der Waals surface area (Å²) in [6, 6.07) is 10.1. The second-order valence-corrected chi connectivity index (χ2v) is 10.5. The molecule has 200 valence electrons. The Morgan fingerprint density at radius 2 is 1.43 bits per heavy atom. The zero-order chi connectivity index (χ0) is 27.5. The van der Waals surface area contributed by atoms with Crippen LogP contribution in [0.15, 0.2) is 36.4 Å². The zero-order valence-electron chi connectivity index (χ0n) is 21.5. The Labute approximate surface area is 217 Å². The second-order valence-electron chi connectivity index (χ2n) is 8.96. The minimum absolute atomic E-state index is 0.0428. The quantitative estimate of drug-likeness (QED) is 0.144. The Morgan fingerprint density at radius 3 is 1.97 bits per heavy atom. The molecule has 0 unspecified atom stereocenters. The molecular formula is C26H33N2O8S+. The van der Waals surface area contributed by atoms with Crippen LogP contribution < -0.4 is 4.74 Å². The lowest BCUT2D eigenvalue weighted by molar-refractivity contribution is -0.890. The molecule has 1 aromatic carbocycles. The van der Waals surface area contributed by atoms with Gasteiger partial charge in [-0.3, -0.25) is 4.55 Å². The van der Waals surface area contributed by atoms with E-state index in [0.717, 1.165) is 19.4 Å². The highest BCUT2D eigenvalue weighted by atomic mass is 32.2. The first kappa shape index (κ1) is 29.8. The number of nitrogens with zero attached hydrogens (tertiary/aromatic N) is 2. The monoisotopic (exact) mass is 533 g/mol. The number of methoxy groups -OCH3 is 2. The minimum atomic E-state index is -3.91. The van der Waals surface area contributed by atoms with Gasteiger partial charge in [-0.15, -0.1) is 0 Å². The standard InChI is InChI=1S/C26H32N2O8S/c1-28(2,15-7-17-37(31,32)33)14-5-6-16-36-22-12-10-20(11-13-22)8-9-21-18-23(25(29)34-3)27-24(19-21)26(30)35-4/h10-13,18-19H,5-7,14-17H2,1-4H3/p+1. The fourth-order valence-corrected chi connectivity index (χ4v) is 3.91. The van der Waals surface area contributed by atoms with Gasteiger partial charge in [0, 0.05) is 17.5 Å². The van der Waals surface area contributed by atoms with Crippen LogP contribution in [0, 0.1) is 11.8 Å². The number of esters is 2. The predicted octanol–water partition coefficient (Wildman–Crippen LogP) is 2.57. The summed E-state index contributed by atoms with van der Waals surface area (Å²) in [6.07, 6.45) is 2.17. The number of aromatic nitrogens is 1. The van der Waals surface area contributed by atoms with Crippen molar-refractivity contribution in [2.75, 3.05) is 53.8 Å². The molecule has 0 saturated carbocycles. The van der Waals surface area contributed by atoms with Gasteiger partial charge in [-0.1, -0.05) is 11.8 Å². The average Bonchev–Trinajstić information content (AvgIpc) is 2.85. The maximum absolute atomic E-state index is 11.9. The number of quaternary nitrogens is 1. The van der Waals surface area contributed by atoms with Crippen LogP contribution in [0.4, 0.5) is 0 Å². The molecule has 1 N–H and O–H groups in total. The Hall–Kier alpha value is -3.46. The molecule has 0 aliphatic rings. The number of benzene rings is 1. The molecule has 0 saturated heterocycles. The smallest absolute Gasteiger partial charge is 0.356 e. The van der Waals surface area contributed by atoms with Crippen molar-refractivity contribution in [2.24, 2.45) is 0 Å². The van der Waals surface area contributed by atoms with Crippen molar-refractivity contribution in [1.82, 2.24) is 4.98 Å². The van der Waals surface area contributed by atoms with E-state index in [9.17, 15) is 18.0 Å². The van der Waals surface area contributed by atoms with Crippen LogP contribution in [0.5, 0.6) is 5.75 Å². The Balaban J connectivity index is 1.89. The third-order valence-electron chi connectivity index (χ3n) is 5.41. The van der Waals surface area contributed by atoms with Crippen LogP contribution in [0.3, 0.4) is 0 Å². The molecule has 0 amide bonds. The lowest BCUT2D eigenvalue weighted by atomic mass is 10.1. The third-order valence-corrected chi connectivity index (χ3v) is 6.22. The van der Waals surface area contributed by atoms with Crippen molar-refractivity contribution < 1.29 is 41.3 Å². The molecule has 0 aliphatic carbocycles. The van der Waals surface area contributed by atoms with Crippen molar-refractivity contribution in [2.45, 2.75) is 19.3 Å². The zero-order valence-corrected chi connectivity index (χ0v) is 22.3. The first-order chi connectivity index (χ1) is 17.4. The molecule has 1 heterocycles. The molecule has 0 fully saturated rings. The molecule has 2 rings (SSSR count). The van der Waals surface area contributed by atoms with Gasteiger partial charge in [0.1, 0.15) is 5.75 Å². The van der Waals surface area contributed by atoms with E-state index in [2.05, 4.69) is 26.3 Å². The molecule has 37 heavy (non-hydrogen) atoms. The molecule has 0 spiro atoms. The summed E-state index contributed by atoms with van der Waals surface area (Å²) in [7, 11) is 2.59. The average molecular weight is 534 g/mol. The fourth-order valence-electron chi connectivity index (χ4n) is 3.42. The molecule has 0 radical (unpaired) electrons. The van der Waals surface area contributed by atoms with Gasteiger partial charge in [0.2, 0.25) is 0 Å². The Bertz CT molecular complexity index is 1210. The molecule has 10 nitrogen and oxygen atoms in total. The third kappa shape index (κ3) is 11.0. The van der Waals surface area contributed by atoms with Gasteiger partial charge in [-0.25, -0.2) is 14.6 Å². The molecule has 0 bridgehead atoms. The van der Waals surface area contributed by atoms with Crippen LogP contribution >= 0.6 is 0 Å². The molecule has 0 aliphatic heterocycles. The molecule has 11 heteroatoms. The summed E-state index contributed by atoms with van der Waals surface area (Å²) in [6.45, 7) is 2.07. The lowest BCUT2D eigenvalue weighted by Gasteiger charge is -2.29. The lowest BCUT2D eigenvalue weighted by Crippen LogP contribution is -2.41. The Morgan fingerprint density at radius 1 is 0.892 bits per heavy atom. The number of carbonyl (C=O) groups is 2. The van der Waals surface area contributed by atoms with Crippen molar-refractivity contribution >= 4 is 22.1 Å². The number of rotatable bonds is 12. The SMILES string of the molecule is COC(=O)c1cc(C#Cc2ccc(OCCCC[N+](C)(C)CCCS(=O)(=O)O)cc2)cc(C(=O)OC)n1. The first-order valence-corrected chi connectivity index (χ1v) is 13.2. The minimum Gasteiger partial charge on any atom is -0.494 e. The van der Waals surface area contributed by atoms with Crippen LogP contribution in [0.2, 0.25) is 0 Å². The number of ether oxygens (including phenoxy) is 3. The number of unbranched alkanes of at least 4 members (excludes halogenated alkanes) is 1. The normalized spacial score (nSPS) is 11.3. The first-order valence-electron chi connectivity index (χ1n) is 11.6. The summed E-state index contributed by atoms with van der Waals surface area (Å²) in [5.74, 6) is 5.02. The maximum Gasteiger partial charge on any atom is 0.356 e. The summed E-state index contributed by atoms with van der Waals surface area (Å²) in [5, 5.41) is 0. The summed E-state index contributed by atoms with van der Waals surface area (Å²) >= 11 is 0. The van der Waals surface area contributed by atoms with E-state index in [-0.39, 0.29) is 17.1 Å². The second kappa shape index (κ2) is 13.7. The highest BCUT2D eigenvalue weighted by Gasteiger charge is 2.17. The van der Waals surface area contributed by atoms with E-state index in [1.807, 2.05) is 26.2 Å². The van der Waals surface area contributed by atoms with E-state index in [1.165, 1.54) is 26.4 Å². The van der Waals surface area contributed by atoms with Crippen LogP contribution in [0.1, 0.15) is 51.4 Å². The van der Waals surface area contributed by atoms with Crippen molar-refractivity contribution in [3.8, 4) is 17.6 Å². The number of hydrogen-bond donors (Lipinski definition) is 1. The van der Waals surface area contributed by atoms with E-state index in [1.54, 1.807) is 12.1 Å². The summed E-state index contributed by atoms with van der Waals surface area (Å²) in [5.41, 5.74) is 1.04. The highest BCUT2D eigenvalue weighted by Crippen LogP contribution is 2.14. The van der Waals surface area contributed by atoms with Crippen molar-refractivity contribution in [3.05, 3.63) is 58.9 Å². The van der Waals surface area contributed by atoms with Crippen LogP contribution in [0.25, 0.3) is 0 Å². The van der Waals surface area contributed by atoms with Crippen LogP contribution in [-0.4, -0.2) is 88.1 Å². The van der Waals surface area contributed by atoms with Crippen molar-refractivity contribution in [1.29, 1.82) is 0 Å². The van der Waals surface area contributed by atoms with Gasteiger partial charge in [-0.05, 0) is 49.2 Å². The topological polar surface area (TPSA) is 129 Å². The van der Waals surface area contributed by atoms with Gasteiger partial charge < -0.3 is 18.7 Å². The molecule has 0 atom stereocenters. The highest BCUT2D eigenvalue weighted by molar-refractivity contribution is 7.85. The number of hydrogen-bond acceptors (Lipinski definition) is 8. The van der Waals surface area contributed by atoms with Gasteiger partial charge in [0.25, 0.3) is 10.1 Å². The Kier molecular flexibility index (Phi) is 11.1. The van der Waals surface area contributed by atoms with Crippen molar-refractivity contribution in [3.63, 3.8) is 0 Å². The largest absolute Gasteiger partial charge is 0.494 e. The molecule has 2 aromatic rings. The summed E-state index contributed by atoms with van der Waals surface area (Å²) < 4.78 is 46.4. The fraction of sp³-hybridized carbons (Fsp3) is 0.423. The van der Waals surface area contributed by atoms with Gasteiger partial charge in [0.05, 0.1) is 53.8 Å². The predicted molar refractivity (Wildman–Crippen MR) is 137 cm³/mol. The van der Waals surface area contributed by atoms with E-state index >= 15 is 0 Å². The van der Waals surface area contributed by atoms with E-state index in [4.69, 9.17) is 9.29 Å². The summed E-state index contributed by atoms with van der Waals surface area (Å²) in [4.78, 5) is 27.7. The number of pyridine rings is 1. The molecule has 1 aromatic heterocycles. The van der Waals surface area contributed by atoms with Gasteiger partial charge in [-0.2, -0.15) is 8.42 Å². The van der Waals surface area contributed by atoms with E-state index in [0.29, 0.717) is 40.9 Å². The van der Waals surface area contributed by atoms with Crippen LogP contribution in [-0.2, 0) is 19.6 Å². The molecular weight excluding hydrogens is 500 g/mol. The van der Waals surface area contributed by atoms with Gasteiger partial charge >= 0.3 is 11.9 Å². The van der Waals surface area contributed by atoms with E-state index < -0.39 is 22.1 Å². The number of carbonyl (C=O) groups excluding carboxylic acids is 2.